The lowest BCUT2D eigenvalue weighted by molar-refractivity contribution is -0.384. The number of nitrogens with one attached hydrogen (secondary N) is 1. The van der Waals surface area contributed by atoms with Crippen molar-refractivity contribution in [2.75, 3.05) is 6.61 Å². The molecule has 1 aromatic carbocycles. The van der Waals surface area contributed by atoms with Gasteiger partial charge in [-0.15, -0.1) is 0 Å². The summed E-state index contributed by atoms with van der Waals surface area (Å²) in [6.45, 7) is 2.07. The van der Waals surface area contributed by atoms with Crippen LogP contribution in [0, 0.1) is 10.1 Å². The second-order valence-corrected chi connectivity index (χ2v) is 4.03. The number of nitro groups is 1. The first-order valence-corrected chi connectivity index (χ1v) is 6.04. The quantitative estimate of drug-likeness (QED) is 0.511. The van der Waals surface area contributed by atoms with E-state index in [0.29, 0.717) is 18.1 Å². The van der Waals surface area contributed by atoms with Gasteiger partial charge in [0, 0.05) is 17.7 Å². The van der Waals surface area contributed by atoms with E-state index in [1.54, 1.807) is 25.3 Å². The van der Waals surface area contributed by atoms with Crippen molar-refractivity contribution in [3.05, 3.63) is 46.4 Å². The highest BCUT2D eigenvalue weighted by Gasteiger charge is 2.10. The lowest BCUT2D eigenvalue weighted by atomic mass is 10.1. The Kier molecular flexibility index (Phi) is 4.09. The van der Waals surface area contributed by atoms with E-state index in [1.807, 2.05) is 0 Å². The molecule has 0 radical (unpaired) electrons. The van der Waals surface area contributed by atoms with E-state index in [2.05, 4.69) is 9.97 Å². The van der Waals surface area contributed by atoms with Gasteiger partial charge in [0.15, 0.2) is 0 Å². The number of H-pyrrole nitrogens is 1. The molecule has 7 heteroatoms. The van der Waals surface area contributed by atoms with Gasteiger partial charge in [-0.2, -0.15) is 0 Å². The fraction of sp³-hybridized carbons (Fsp3) is 0.231. The Hall–Kier alpha value is -2.70. The van der Waals surface area contributed by atoms with Crippen molar-refractivity contribution in [1.29, 1.82) is 0 Å². The third-order valence-electron chi connectivity index (χ3n) is 2.63. The first kappa shape index (κ1) is 13.7. The summed E-state index contributed by atoms with van der Waals surface area (Å²) in [4.78, 5) is 28.5. The summed E-state index contributed by atoms with van der Waals surface area (Å²) in [5.41, 5.74) is 1.48. The molecule has 1 N–H and O–H groups in total. The van der Waals surface area contributed by atoms with Gasteiger partial charge < -0.3 is 9.72 Å². The number of imidazole rings is 1. The fourth-order valence-corrected chi connectivity index (χ4v) is 1.71. The van der Waals surface area contributed by atoms with Crippen LogP contribution in [-0.2, 0) is 16.0 Å². The normalized spacial score (nSPS) is 10.2. The van der Waals surface area contributed by atoms with E-state index in [9.17, 15) is 14.9 Å². The van der Waals surface area contributed by atoms with Crippen molar-refractivity contribution < 1.29 is 14.5 Å². The van der Waals surface area contributed by atoms with Crippen molar-refractivity contribution >= 4 is 11.7 Å². The lowest BCUT2D eigenvalue weighted by Gasteiger charge is -1.99. The highest BCUT2D eigenvalue weighted by atomic mass is 16.6. The lowest BCUT2D eigenvalue weighted by Crippen LogP contribution is -2.08. The summed E-state index contributed by atoms with van der Waals surface area (Å²) < 4.78 is 4.83. The Morgan fingerprint density at radius 2 is 2.10 bits per heavy atom. The monoisotopic (exact) mass is 275 g/mol. The number of aromatic amines is 1. The SMILES string of the molecule is CCOC(=O)Cc1ncc(-c2ccc([N+](=O)[O-])cc2)[nH]1. The van der Waals surface area contributed by atoms with E-state index in [4.69, 9.17) is 4.74 Å². The first-order valence-electron chi connectivity index (χ1n) is 6.04. The highest BCUT2D eigenvalue weighted by Crippen LogP contribution is 2.20. The van der Waals surface area contributed by atoms with E-state index in [1.165, 1.54) is 12.1 Å². The average Bonchev–Trinajstić information content (AvgIpc) is 2.87. The van der Waals surface area contributed by atoms with E-state index in [0.717, 1.165) is 5.56 Å². The number of non-ortho nitro benzene ring substituents is 1. The van der Waals surface area contributed by atoms with Crippen molar-refractivity contribution in [1.82, 2.24) is 9.97 Å². The Balaban J connectivity index is 2.12. The Bertz CT molecular complexity index is 619. The molecule has 2 aromatic rings. The van der Waals surface area contributed by atoms with Gasteiger partial charge in [-0.1, -0.05) is 0 Å². The maximum Gasteiger partial charge on any atom is 0.313 e. The predicted octanol–water partition coefficient (Wildman–Crippen LogP) is 2.09. The molecule has 0 fully saturated rings. The standard InChI is InChI=1S/C13H13N3O4/c1-2-20-13(17)7-12-14-8-11(15-12)9-3-5-10(6-4-9)16(18)19/h3-6,8H,2,7H2,1H3,(H,14,15). The van der Waals surface area contributed by atoms with Crippen LogP contribution in [0.5, 0.6) is 0 Å². The molecule has 0 bridgehead atoms. The Labute approximate surface area is 114 Å². The summed E-state index contributed by atoms with van der Waals surface area (Å²) in [7, 11) is 0. The van der Waals surface area contributed by atoms with E-state index in [-0.39, 0.29) is 18.1 Å². The number of carbonyl (C=O) groups is 1. The Morgan fingerprint density at radius 3 is 2.70 bits per heavy atom. The molecule has 0 aliphatic carbocycles. The van der Waals surface area contributed by atoms with Crippen LogP contribution in [0.2, 0.25) is 0 Å². The molecular weight excluding hydrogens is 262 g/mol. The molecule has 0 amide bonds. The van der Waals surface area contributed by atoms with Crippen LogP contribution in [0.4, 0.5) is 5.69 Å². The molecule has 0 saturated heterocycles. The molecule has 0 aliphatic heterocycles. The number of benzene rings is 1. The number of rotatable bonds is 5. The number of hydrogen-bond donors (Lipinski definition) is 1. The third-order valence-corrected chi connectivity index (χ3v) is 2.63. The summed E-state index contributed by atoms with van der Waals surface area (Å²) in [5.74, 6) is 0.147. The number of esters is 1. The van der Waals surface area contributed by atoms with Gasteiger partial charge in [-0.3, -0.25) is 14.9 Å². The van der Waals surface area contributed by atoms with Crippen LogP contribution in [0.15, 0.2) is 30.5 Å². The van der Waals surface area contributed by atoms with Crippen molar-refractivity contribution in [2.45, 2.75) is 13.3 Å². The molecule has 0 spiro atoms. The van der Waals surface area contributed by atoms with E-state index >= 15 is 0 Å². The van der Waals surface area contributed by atoms with Crippen LogP contribution in [-0.4, -0.2) is 27.5 Å². The Morgan fingerprint density at radius 1 is 1.40 bits per heavy atom. The van der Waals surface area contributed by atoms with Crippen LogP contribution in [0.25, 0.3) is 11.3 Å². The molecule has 1 aromatic heterocycles. The van der Waals surface area contributed by atoms with Gasteiger partial charge in [-0.25, -0.2) is 4.98 Å². The first-order chi connectivity index (χ1) is 9.60. The summed E-state index contributed by atoms with van der Waals surface area (Å²) in [6, 6.07) is 6.09. The van der Waals surface area contributed by atoms with Gasteiger partial charge in [0.05, 0.1) is 23.4 Å². The molecule has 104 valence electrons. The molecule has 0 saturated carbocycles. The minimum Gasteiger partial charge on any atom is -0.466 e. The summed E-state index contributed by atoms with van der Waals surface area (Å²) >= 11 is 0. The number of carbonyl (C=O) groups excluding carboxylic acids is 1. The third kappa shape index (κ3) is 3.19. The minimum atomic E-state index is -0.455. The van der Waals surface area contributed by atoms with Gasteiger partial charge >= 0.3 is 5.97 Å². The molecule has 1 heterocycles. The molecule has 7 nitrogen and oxygen atoms in total. The average molecular weight is 275 g/mol. The highest BCUT2D eigenvalue weighted by molar-refractivity contribution is 5.72. The molecule has 0 aliphatic rings. The molecule has 0 unspecified atom stereocenters. The number of nitro benzene ring substituents is 1. The summed E-state index contributed by atoms with van der Waals surface area (Å²) in [5, 5.41) is 10.6. The van der Waals surface area contributed by atoms with Crippen LogP contribution >= 0.6 is 0 Å². The van der Waals surface area contributed by atoms with Crippen LogP contribution in [0.3, 0.4) is 0 Å². The topological polar surface area (TPSA) is 98.1 Å². The van der Waals surface area contributed by atoms with Crippen molar-refractivity contribution in [2.24, 2.45) is 0 Å². The number of ether oxygens (including phenoxy) is 1. The maximum absolute atomic E-state index is 11.3. The largest absolute Gasteiger partial charge is 0.466 e. The molecule has 20 heavy (non-hydrogen) atoms. The minimum absolute atomic E-state index is 0.0278. The van der Waals surface area contributed by atoms with Crippen LogP contribution in [0.1, 0.15) is 12.7 Å². The zero-order valence-corrected chi connectivity index (χ0v) is 10.8. The smallest absolute Gasteiger partial charge is 0.313 e. The fourth-order valence-electron chi connectivity index (χ4n) is 1.71. The zero-order chi connectivity index (χ0) is 14.5. The van der Waals surface area contributed by atoms with E-state index < -0.39 is 4.92 Å². The zero-order valence-electron chi connectivity index (χ0n) is 10.8. The van der Waals surface area contributed by atoms with Crippen molar-refractivity contribution in [3.8, 4) is 11.3 Å². The summed E-state index contributed by atoms with van der Waals surface area (Å²) in [6.07, 6.45) is 1.65. The second-order valence-electron chi connectivity index (χ2n) is 4.03. The van der Waals surface area contributed by atoms with Crippen LogP contribution < -0.4 is 0 Å². The number of aromatic nitrogens is 2. The number of nitrogens with zero attached hydrogens (tertiary/aromatic N) is 2. The maximum atomic E-state index is 11.3. The predicted molar refractivity (Wildman–Crippen MR) is 71.0 cm³/mol. The van der Waals surface area contributed by atoms with Gasteiger partial charge in [0.2, 0.25) is 0 Å². The molecule has 0 atom stereocenters. The second kappa shape index (κ2) is 5.96. The number of hydrogen-bond acceptors (Lipinski definition) is 5. The molecule has 2 rings (SSSR count). The molecular formula is C13H13N3O4. The van der Waals surface area contributed by atoms with Gasteiger partial charge in [0.25, 0.3) is 5.69 Å². The van der Waals surface area contributed by atoms with Gasteiger partial charge in [0.1, 0.15) is 12.2 Å². The van der Waals surface area contributed by atoms with Gasteiger partial charge in [-0.05, 0) is 19.1 Å². The van der Waals surface area contributed by atoms with Crippen molar-refractivity contribution in [3.63, 3.8) is 0 Å².